The lowest BCUT2D eigenvalue weighted by Crippen LogP contribution is -2.39. The van der Waals surface area contributed by atoms with Crippen LogP contribution in [0.15, 0.2) is 65.0 Å². The molecule has 0 fully saturated rings. The van der Waals surface area contributed by atoms with Crippen LogP contribution in [0.25, 0.3) is 0 Å². The number of ether oxygens (including phenoxy) is 2. The van der Waals surface area contributed by atoms with Gasteiger partial charge < -0.3 is 19.7 Å². The minimum Gasteiger partial charge on any atom is -0.493 e. The van der Waals surface area contributed by atoms with Crippen LogP contribution in [-0.4, -0.2) is 42.6 Å². The van der Waals surface area contributed by atoms with E-state index in [0.29, 0.717) is 30.0 Å². The summed E-state index contributed by atoms with van der Waals surface area (Å²) in [5, 5.41) is 2.84. The lowest BCUT2D eigenvalue weighted by atomic mass is 9.71. The summed E-state index contributed by atoms with van der Waals surface area (Å²) in [4.78, 5) is 41.3. The van der Waals surface area contributed by atoms with Crippen LogP contribution in [0.4, 0.5) is 5.69 Å². The highest BCUT2D eigenvalue weighted by Gasteiger charge is 2.43. The first-order valence-corrected chi connectivity index (χ1v) is 13.4. The van der Waals surface area contributed by atoms with Gasteiger partial charge in [-0.1, -0.05) is 18.2 Å². The van der Waals surface area contributed by atoms with Crippen molar-refractivity contribution in [3.63, 3.8) is 0 Å². The molecule has 2 aliphatic carbocycles. The van der Waals surface area contributed by atoms with Crippen molar-refractivity contribution in [2.45, 2.75) is 58.3 Å². The van der Waals surface area contributed by atoms with Crippen molar-refractivity contribution in [1.29, 1.82) is 0 Å². The van der Waals surface area contributed by atoms with E-state index in [4.69, 9.17) is 9.47 Å². The van der Waals surface area contributed by atoms with Crippen LogP contribution in [0.5, 0.6) is 11.5 Å². The monoisotopic (exact) mass is 514 g/mol. The zero-order chi connectivity index (χ0) is 26.8. The molecule has 0 bridgehead atoms. The Morgan fingerprint density at radius 2 is 1.63 bits per heavy atom. The lowest BCUT2D eigenvalue weighted by molar-refractivity contribution is -0.118. The molecule has 7 nitrogen and oxygen atoms in total. The molecule has 5 rings (SSSR count). The topological polar surface area (TPSA) is 84.9 Å². The standard InChI is InChI=1S/C31H34N2O5/c1-4-33-22-10-6-12-24(34)30(22)29(31-23(33)11-7-13-25(31)35)20-14-15-26(27(17-20)37-3)38-18-28(36)32-21-9-5-8-19(2)16-21/h5,8-9,14-17,29H,4,6-7,10-13,18H2,1-3H3,(H,32,36). The lowest BCUT2D eigenvalue weighted by Gasteiger charge is -2.43. The number of anilines is 1. The van der Waals surface area contributed by atoms with E-state index < -0.39 is 5.92 Å². The molecule has 1 heterocycles. The van der Waals surface area contributed by atoms with Crippen LogP contribution < -0.4 is 14.8 Å². The van der Waals surface area contributed by atoms with Crippen LogP contribution in [0.2, 0.25) is 0 Å². The molecule has 0 radical (unpaired) electrons. The van der Waals surface area contributed by atoms with Crippen LogP contribution in [0, 0.1) is 6.92 Å². The highest BCUT2D eigenvalue weighted by Crippen LogP contribution is 2.49. The third-order valence-electron chi connectivity index (χ3n) is 7.58. The predicted octanol–water partition coefficient (Wildman–Crippen LogP) is 5.45. The minimum absolute atomic E-state index is 0.117. The van der Waals surface area contributed by atoms with Crippen molar-refractivity contribution in [2.24, 2.45) is 0 Å². The molecule has 1 N–H and O–H groups in total. The summed E-state index contributed by atoms with van der Waals surface area (Å²) in [5.74, 6) is 0.433. The molecule has 0 aromatic heterocycles. The molecule has 0 saturated carbocycles. The summed E-state index contributed by atoms with van der Waals surface area (Å²) in [6.45, 7) is 4.61. The number of carbonyl (C=O) groups excluding carboxylic acids is 3. The van der Waals surface area contributed by atoms with Crippen molar-refractivity contribution in [1.82, 2.24) is 4.90 Å². The fraction of sp³-hybridized carbons (Fsp3) is 0.387. The van der Waals surface area contributed by atoms with Crippen LogP contribution in [-0.2, 0) is 14.4 Å². The second-order valence-electron chi connectivity index (χ2n) is 10.1. The Kier molecular flexibility index (Phi) is 7.36. The molecule has 7 heteroatoms. The summed E-state index contributed by atoms with van der Waals surface area (Å²) in [5.41, 5.74) is 6.22. The van der Waals surface area contributed by atoms with Gasteiger partial charge in [0.25, 0.3) is 5.91 Å². The minimum atomic E-state index is -0.407. The van der Waals surface area contributed by atoms with Crippen molar-refractivity contribution < 1.29 is 23.9 Å². The Morgan fingerprint density at radius 3 is 2.24 bits per heavy atom. The van der Waals surface area contributed by atoms with E-state index in [2.05, 4.69) is 17.1 Å². The normalized spacial score (nSPS) is 17.8. The number of rotatable bonds is 7. The average Bonchev–Trinajstić information content (AvgIpc) is 2.91. The summed E-state index contributed by atoms with van der Waals surface area (Å²) < 4.78 is 11.5. The number of hydrogen-bond acceptors (Lipinski definition) is 6. The number of allylic oxidation sites excluding steroid dienone is 4. The number of Topliss-reactive ketones (excluding diaryl/α,β-unsaturated/α-hetero) is 2. The van der Waals surface area contributed by atoms with Gasteiger partial charge in [-0.25, -0.2) is 0 Å². The van der Waals surface area contributed by atoms with Crippen LogP contribution in [0.1, 0.15) is 62.5 Å². The van der Waals surface area contributed by atoms with E-state index in [1.54, 1.807) is 13.2 Å². The number of amides is 1. The van der Waals surface area contributed by atoms with Crippen molar-refractivity contribution in [3.8, 4) is 11.5 Å². The van der Waals surface area contributed by atoms with E-state index >= 15 is 0 Å². The van der Waals surface area contributed by atoms with Crippen LogP contribution >= 0.6 is 0 Å². The number of nitrogens with zero attached hydrogens (tertiary/aromatic N) is 1. The first-order valence-electron chi connectivity index (χ1n) is 13.4. The van der Waals surface area contributed by atoms with E-state index in [9.17, 15) is 14.4 Å². The van der Waals surface area contributed by atoms with Gasteiger partial charge in [0.05, 0.1) is 7.11 Å². The quantitative estimate of drug-likeness (QED) is 0.529. The smallest absolute Gasteiger partial charge is 0.262 e. The van der Waals surface area contributed by atoms with Gasteiger partial charge in [-0.2, -0.15) is 0 Å². The summed E-state index contributed by atoms with van der Waals surface area (Å²) in [7, 11) is 1.55. The van der Waals surface area contributed by atoms with E-state index in [-0.39, 0.29) is 24.1 Å². The van der Waals surface area contributed by atoms with Gasteiger partial charge in [0.1, 0.15) is 0 Å². The highest BCUT2D eigenvalue weighted by atomic mass is 16.5. The molecule has 1 amide bonds. The van der Waals surface area contributed by atoms with Gasteiger partial charge in [-0.05, 0) is 74.9 Å². The number of aryl methyl sites for hydroxylation is 1. The molecule has 0 unspecified atom stereocenters. The largest absolute Gasteiger partial charge is 0.493 e. The maximum atomic E-state index is 13.3. The number of carbonyl (C=O) groups is 3. The van der Waals surface area contributed by atoms with E-state index in [1.165, 1.54) is 0 Å². The average molecular weight is 515 g/mol. The number of nitrogens with one attached hydrogen (secondary N) is 1. The Morgan fingerprint density at radius 1 is 0.947 bits per heavy atom. The van der Waals surface area contributed by atoms with E-state index in [1.807, 2.05) is 43.3 Å². The van der Waals surface area contributed by atoms with Crippen molar-refractivity contribution in [3.05, 3.63) is 76.1 Å². The van der Waals surface area contributed by atoms with Gasteiger partial charge in [0.15, 0.2) is 29.7 Å². The van der Waals surface area contributed by atoms with Gasteiger partial charge >= 0.3 is 0 Å². The number of hydrogen-bond donors (Lipinski definition) is 1. The van der Waals surface area contributed by atoms with Gasteiger partial charge in [0.2, 0.25) is 0 Å². The Balaban J connectivity index is 1.45. The van der Waals surface area contributed by atoms with Gasteiger partial charge in [-0.15, -0.1) is 0 Å². The fourth-order valence-corrected chi connectivity index (χ4v) is 5.98. The number of methoxy groups -OCH3 is 1. The molecule has 0 spiro atoms. The molecule has 0 atom stereocenters. The van der Waals surface area contributed by atoms with Crippen molar-refractivity contribution in [2.75, 3.05) is 25.6 Å². The Labute approximate surface area is 223 Å². The highest BCUT2D eigenvalue weighted by molar-refractivity contribution is 6.06. The molecule has 2 aromatic carbocycles. The molecule has 2 aromatic rings. The maximum absolute atomic E-state index is 13.3. The first kappa shape index (κ1) is 25.8. The molecule has 3 aliphatic rings. The predicted molar refractivity (Wildman–Crippen MR) is 145 cm³/mol. The summed E-state index contributed by atoms with van der Waals surface area (Å²) in [6.07, 6.45) is 4.34. The van der Waals surface area contributed by atoms with Crippen LogP contribution in [0.3, 0.4) is 0 Å². The number of ketones is 2. The Hall–Kier alpha value is -3.87. The molecule has 1 aliphatic heterocycles. The molecule has 198 valence electrons. The number of benzene rings is 2. The zero-order valence-electron chi connectivity index (χ0n) is 22.3. The SMILES string of the molecule is CCN1C2=C(C(=O)CCC2)C(c2ccc(OCC(=O)Nc3cccc(C)c3)c(OC)c2)C2=C1CCCC2=O. The summed E-state index contributed by atoms with van der Waals surface area (Å²) >= 11 is 0. The fourth-order valence-electron chi connectivity index (χ4n) is 5.98. The summed E-state index contributed by atoms with van der Waals surface area (Å²) in [6, 6.07) is 13.1. The second kappa shape index (κ2) is 10.9. The molecular formula is C31H34N2O5. The van der Waals surface area contributed by atoms with Crippen molar-refractivity contribution >= 4 is 23.2 Å². The van der Waals surface area contributed by atoms with E-state index in [0.717, 1.165) is 65.9 Å². The third-order valence-corrected chi connectivity index (χ3v) is 7.58. The second-order valence-corrected chi connectivity index (χ2v) is 10.1. The first-order chi connectivity index (χ1) is 18.4. The third kappa shape index (κ3) is 4.85. The Bertz CT molecular complexity index is 1310. The molecular weight excluding hydrogens is 480 g/mol. The maximum Gasteiger partial charge on any atom is 0.262 e. The van der Waals surface area contributed by atoms with Gasteiger partial charge in [-0.3, -0.25) is 14.4 Å². The molecule has 38 heavy (non-hydrogen) atoms. The molecule has 0 saturated heterocycles. The van der Waals surface area contributed by atoms with Gasteiger partial charge in [0, 0.05) is 53.5 Å². The zero-order valence-corrected chi connectivity index (χ0v) is 22.3.